The highest BCUT2D eigenvalue weighted by Gasteiger charge is 2.21. The highest BCUT2D eigenvalue weighted by atomic mass is 35.5. The zero-order valence-electron chi connectivity index (χ0n) is 13.9. The van der Waals surface area contributed by atoms with Gasteiger partial charge in [0.05, 0.1) is 10.6 Å². The summed E-state index contributed by atoms with van der Waals surface area (Å²) in [7, 11) is 3.17. The fourth-order valence-electron chi connectivity index (χ4n) is 1.91. The monoisotopic (exact) mass is 355 g/mol. The first-order valence-corrected chi connectivity index (χ1v) is 7.95. The molecule has 0 spiro atoms. The summed E-state index contributed by atoms with van der Waals surface area (Å²) in [6.45, 7) is 1.94. The largest absolute Gasteiger partial charge is 0.480 e. The topological polar surface area (TPSA) is 98.7 Å². The maximum atomic E-state index is 12.3. The van der Waals surface area contributed by atoms with Gasteiger partial charge in [-0.3, -0.25) is 4.79 Å². The summed E-state index contributed by atoms with van der Waals surface area (Å²) in [5, 5.41) is 14.4. The smallest absolute Gasteiger partial charge is 0.326 e. The number of halogens is 1. The van der Waals surface area contributed by atoms with Crippen molar-refractivity contribution < 1.29 is 19.5 Å². The SMILES string of the molecule is CCCCC(NC(=O)c1cc(NC(=O)N(C)C)ccc1Cl)C(=O)O. The molecular formula is C16H22ClN3O4. The van der Waals surface area contributed by atoms with Crippen molar-refractivity contribution in [3.63, 3.8) is 0 Å². The number of aliphatic carboxylic acids is 1. The summed E-state index contributed by atoms with van der Waals surface area (Å²) < 4.78 is 0. The molecule has 0 aromatic heterocycles. The van der Waals surface area contributed by atoms with Crippen LogP contribution >= 0.6 is 11.6 Å². The van der Waals surface area contributed by atoms with E-state index in [0.29, 0.717) is 18.5 Å². The highest BCUT2D eigenvalue weighted by Crippen LogP contribution is 2.21. The molecule has 0 aliphatic rings. The van der Waals surface area contributed by atoms with Gasteiger partial charge in [0, 0.05) is 19.8 Å². The Morgan fingerprint density at radius 1 is 1.29 bits per heavy atom. The van der Waals surface area contributed by atoms with Crippen LogP contribution in [0.4, 0.5) is 10.5 Å². The third kappa shape index (κ3) is 5.73. The molecule has 1 aromatic carbocycles. The van der Waals surface area contributed by atoms with Crippen molar-refractivity contribution in [3.8, 4) is 0 Å². The van der Waals surface area contributed by atoms with Crippen molar-refractivity contribution in [2.24, 2.45) is 0 Å². The average molecular weight is 356 g/mol. The number of carboxylic acids is 1. The number of unbranched alkanes of at least 4 members (excludes halogenated alkanes) is 1. The number of carboxylic acid groups (broad SMARTS) is 1. The maximum Gasteiger partial charge on any atom is 0.326 e. The van der Waals surface area contributed by atoms with Crippen LogP contribution in [0.5, 0.6) is 0 Å². The van der Waals surface area contributed by atoms with Gasteiger partial charge in [-0.05, 0) is 24.6 Å². The summed E-state index contributed by atoms with van der Waals surface area (Å²) in [6, 6.07) is 3.12. The van der Waals surface area contributed by atoms with Gasteiger partial charge in [-0.2, -0.15) is 0 Å². The third-order valence-corrected chi connectivity index (χ3v) is 3.65. The van der Waals surface area contributed by atoms with Crippen LogP contribution in [0.25, 0.3) is 0 Å². The van der Waals surface area contributed by atoms with E-state index in [2.05, 4.69) is 10.6 Å². The lowest BCUT2D eigenvalue weighted by Crippen LogP contribution is -2.40. The van der Waals surface area contributed by atoms with Crippen LogP contribution in [0.1, 0.15) is 36.5 Å². The second-order valence-corrected chi connectivity index (χ2v) is 5.93. The second kappa shape index (κ2) is 9.12. The van der Waals surface area contributed by atoms with Gasteiger partial charge in [0.1, 0.15) is 6.04 Å². The van der Waals surface area contributed by atoms with Crippen molar-refractivity contribution in [2.75, 3.05) is 19.4 Å². The molecular weight excluding hydrogens is 334 g/mol. The number of nitrogens with one attached hydrogen (secondary N) is 2. The summed E-state index contributed by atoms with van der Waals surface area (Å²) in [4.78, 5) is 36.6. The molecule has 0 aliphatic carbocycles. The Balaban J connectivity index is 2.92. The van der Waals surface area contributed by atoms with Crippen molar-refractivity contribution >= 4 is 35.2 Å². The maximum absolute atomic E-state index is 12.3. The fourth-order valence-corrected chi connectivity index (χ4v) is 2.12. The zero-order chi connectivity index (χ0) is 18.3. The first-order chi connectivity index (χ1) is 11.3. The summed E-state index contributed by atoms with van der Waals surface area (Å²) in [5.41, 5.74) is 0.500. The van der Waals surface area contributed by atoms with E-state index >= 15 is 0 Å². The Morgan fingerprint density at radius 3 is 2.50 bits per heavy atom. The van der Waals surface area contributed by atoms with Crippen LogP contribution in [-0.4, -0.2) is 48.1 Å². The van der Waals surface area contributed by atoms with Crippen LogP contribution < -0.4 is 10.6 Å². The number of hydrogen-bond donors (Lipinski definition) is 3. The Hall–Kier alpha value is -2.28. The average Bonchev–Trinajstić information content (AvgIpc) is 2.52. The van der Waals surface area contributed by atoms with Gasteiger partial charge in [-0.25, -0.2) is 9.59 Å². The first kappa shape index (κ1) is 19.8. The lowest BCUT2D eigenvalue weighted by atomic mass is 10.1. The van der Waals surface area contributed by atoms with E-state index in [0.717, 1.165) is 6.42 Å². The minimum absolute atomic E-state index is 0.107. The number of anilines is 1. The Labute approximate surface area is 146 Å². The van der Waals surface area contributed by atoms with Gasteiger partial charge in [-0.1, -0.05) is 31.4 Å². The van der Waals surface area contributed by atoms with Crippen LogP contribution in [0.2, 0.25) is 5.02 Å². The van der Waals surface area contributed by atoms with Gasteiger partial charge < -0.3 is 20.6 Å². The van der Waals surface area contributed by atoms with E-state index < -0.39 is 17.9 Å². The zero-order valence-corrected chi connectivity index (χ0v) is 14.7. The number of carbonyl (C=O) groups is 3. The molecule has 3 N–H and O–H groups in total. The molecule has 1 atom stereocenters. The molecule has 8 heteroatoms. The van der Waals surface area contributed by atoms with Crippen LogP contribution in [0.15, 0.2) is 18.2 Å². The molecule has 1 rings (SSSR count). The van der Waals surface area contributed by atoms with Gasteiger partial charge in [0.25, 0.3) is 5.91 Å². The predicted octanol–water partition coefficient (Wildman–Crippen LogP) is 2.81. The van der Waals surface area contributed by atoms with Gasteiger partial charge in [-0.15, -0.1) is 0 Å². The molecule has 0 radical (unpaired) electrons. The first-order valence-electron chi connectivity index (χ1n) is 7.57. The molecule has 7 nitrogen and oxygen atoms in total. The van der Waals surface area contributed by atoms with E-state index in [-0.39, 0.29) is 16.6 Å². The number of rotatable bonds is 7. The number of urea groups is 1. The Kier molecular flexibility index (Phi) is 7.51. The molecule has 1 aromatic rings. The van der Waals surface area contributed by atoms with Crippen molar-refractivity contribution in [2.45, 2.75) is 32.2 Å². The van der Waals surface area contributed by atoms with Crippen LogP contribution in [0.3, 0.4) is 0 Å². The number of nitrogens with zero attached hydrogens (tertiary/aromatic N) is 1. The number of carbonyl (C=O) groups excluding carboxylic acids is 2. The summed E-state index contributed by atoms with van der Waals surface area (Å²) in [5.74, 6) is -1.69. The number of amides is 3. The molecule has 0 saturated heterocycles. The number of benzene rings is 1. The lowest BCUT2D eigenvalue weighted by Gasteiger charge is -2.16. The van der Waals surface area contributed by atoms with E-state index in [1.54, 1.807) is 20.2 Å². The molecule has 0 fully saturated rings. The van der Waals surface area contributed by atoms with E-state index in [4.69, 9.17) is 11.6 Å². The summed E-state index contributed by atoms with van der Waals surface area (Å²) in [6.07, 6.45) is 1.85. The van der Waals surface area contributed by atoms with Gasteiger partial charge in [0.2, 0.25) is 0 Å². The molecule has 24 heavy (non-hydrogen) atoms. The molecule has 3 amide bonds. The minimum Gasteiger partial charge on any atom is -0.480 e. The van der Waals surface area contributed by atoms with E-state index in [1.807, 2.05) is 6.92 Å². The molecule has 1 unspecified atom stereocenters. The third-order valence-electron chi connectivity index (χ3n) is 3.32. The van der Waals surface area contributed by atoms with Gasteiger partial charge >= 0.3 is 12.0 Å². The minimum atomic E-state index is -1.09. The molecule has 0 heterocycles. The van der Waals surface area contributed by atoms with Crippen molar-refractivity contribution in [3.05, 3.63) is 28.8 Å². The summed E-state index contributed by atoms with van der Waals surface area (Å²) >= 11 is 6.03. The normalized spacial score (nSPS) is 11.5. The van der Waals surface area contributed by atoms with E-state index in [1.165, 1.54) is 17.0 Å². The van der Waals surface area contributed by atoms with Gasteiger partial charge in [0.15, 0.2) is 0 Å². The molecule has 132 valence electrons. The Morgan fingerprint density at radius 2 is 1.96 bits per heavy atom. The van der Waals surface area contributed by atoms with E-state index in [9.17, 15) is 19.5 Å². The molecule has 0 bridgehead atoms. The molecule has 0 saturated carbocycles. The van der Waals surface area contributed by atoms with Crippen molar-refractivity contribution in [1.29, 1.82) is 0 Å². The lowest BCUT2D eigenvalue weighted by molar-refractivity contribution is -0.139. The highest BCUT2D eigenvalue weighted by molar-refractivity contribution is 6.34. The van der Waals surface area contributed by atoms with Crippen LogP contribution in [-0.2, 0) is 4.79 Å². The predicted molar refractivity (Wildman–Crippen MR) is 92.6 cm³/mol. The quantitative estimate of drug-likeness (QED) is 0.700. The standard InChI is InChI=1S/C16H22ClN3O4/c1-4-5-6-13(15(22)23)19-14(21)11-9-10(7-8-12(11)17)18-16(24)20(2)3/h7-9,13H,4-6H2,1-3H3,(H,18,24)(H,19,21)(H,22,23). The van der Waals surface area contributed by atoms with Crippen molar-refractivity contribution in [1.82, 2.24) is 10.2 Å². The fraction of sp³-hybridized carbons (Fsp3) is 0.438. The molecule has 0 aliphatic heterocycles. The number of hydrogen-bond acceptors (Lipinski definition) is 3. The van der Waals surface area contributed by atoms with Crippen LogP contribution in [0, 0.1) is 0 Å². The Bertz CT molecular complexity index is 619. The second-order valence-electron chi connectivity index (χ2n) is 5.53.